The first kappa shape index (κ1) is 18.0. The molecular weight excluding hydrogens is 206 g/mol. The largest absolute Gasteiger partial charge is 0.256 e. The van der Waals surface area contributed by atoms with Gasteiger partial charge in [-0.15, -0.1) is 0 Å². The first-order chi connectivity index (χ1) is 8.21. The van der Waals surface area contributed by atoms with E-state index < -0.39 is 0 Å². The molecular formula is C16H27N. The van der Waals surface area contributed by atoms with Crippen molar-refractivity contribution in [1.29, 1.82) is 0 Å². The fourth-order valence-electron chi connectivity index (χ4n) is 1.14. The van der Waals surface area contributed by atoms with Crippen LogP contribution in [-0.2, 0) is 0 Å². The van der Waals surface area contributed by atoms with Crippen LogP contribution in [0.4, 0.5) is 0 Å². The zero-order chi connectivity index (χ0) is 13.7. The number of hydrogen-bond donors (Lipinski definition) is 0. The fourth-order valence-corrected chi connectivity index (χ4v) is 1.14. The molecule has 1 rings (SSSR count). The van der Waals surface area contributed by atoms with Crippen LogP contribution in [0, 0.1) is 0 Å². The molecule has 0 amide bonds. The van der Waals surface area contributed by atoms with Gasteiger partial charge >= 0.3 is 0 Å². The monoisotopic (exact) mass is 233 g/mol. The molecule has 0 aliphatic carbocycles. The van der Waals surface area contributed by atoms with Gasteiger partial charge in [0.15, 0.2) is 0 Å². The third-order valence-electron chi connectivity index (χ3n) is 1.82. The van der Waals surface area contributed by atoms with Crippen molar-refractivity contribution in [2.75, 3.05) is 0 Å². The minimum atomic E-state index is 0.947. The van der Waals surface area contributed by atoms with Crippen molar-refractivity contribution in [2.45, 2.75) is 47.5 Å². The quantitative estimate of drug-likeness (QED) is 0.759. The van der Waals surface area contributed by atoms with Crippen LogP contribution in [0.25, 0.3) is 12.2 Å². The van der Waals surface area contributed by atoms with Gasteiger partial charge in [-0.2, -0.15) is 0 Å². The topological polar surface area (TPSA) is 12.9 Å². The van der Waals surface area contributed by atoms with Gasteiger partial charge in [0.05, 0.1) is 5.35 Å². The van der Waals surface area contributed by atoms with Crippen LogP contribution in [0.15, 0.2) is 31.0 Å². The number of hydrogen-bond acceptors (Lipinski definition) is 1. The highest BCUT2D eigenvalue weighted by atomic mass is 14.6. The van der Waals surface area contributed by atoms with Crippen LogP contribution in [0.5, 0.6) is 0 Å². The Labute approximate surface area is 107 Å². The highest BCUT2D eigenvalue weighted by molar-refractivity contribution is 5.53. The lowest BCUT2D eigenvalue weighted by Gasteiger charge is -1.95. The van der Waals surface area contributed by atoms with Crippen molar-refractivity contribution >= 4 is 12.2 Å². The van der Waals surface area contributed by atoms with Crippen LogP contribution in [-0.4, -0.2) is 4.98 Å². The van der Waals surface area contributed by atoms with E-state index in [1.807, 2.05) is 32.1 Å². The Morgan fingerprint density at radius 3 is 2.18 bits per heavy atom. The van der Waals surface area contributed by atoms with Gasteiger partial charge in [0.25, 0.3) is 0 Å². The second-order valence-corrected chi connectivity index (χ2v) is 3.30. The van der Waals surface area contributed by atoms with Crippen molar-refractivity contribution in [3.05, 3.63) is 41.6 Å². The van der Waals surface area contributed by atoms with Gasteiger partial charge in [0.1, 0.15) is 0 Å². The van der Waals surface area contributed by atoms with E-state index in [1.54, 1.807) is 6.20 Å². The molecule has 0 unspecified atom stereocenters. The third-order valence-corrected chi connectivity index (χ3v) is 1.82. The van der Waals surface area contributed by atoms with E-state index in [2.05, 4.69) is 38.9 Å². The summed E-state index contributed by atoms with van der Waals surface area (Å²) < 4.78 is 0. The molecule has 17 heavy (non-hydrogen) atoms. The van der Waals surface area contributed by atoms with Gasteiger partial charge in [0, 0.05) is 6.20 Å². The number of allylic oxidation sites excluding steroid dienone is 1. The molecule has 0 saturated carbocycles. The van der Waals surface area contributed by atoms with E-state index in [4.69, 9.17) is 0 Å². The van der Waals surface area contributed by atoms with E-state index in [1.165, 1.54) is 6.42 Å². The Balaban J connectivity index is 0. The van der Waals surface area contributed by atoms with Crippen LogP contribution in [0.3, 0.4) is 0 Å². The summed E-state index contributed by atoms with van der Waals surface area (Å²) in [5.74, 6) is 0. The SMILES string of the molecule is C=C/C(CC)=c1/ncccc1=C.CC.CCC. The number of nitrogens with zero attached hydrogens (tertiary/aromatic N) is 1. The standard InChI is InChI=1S/C11H13N.C3H8.C2H6/c1-4-10(5-2)11-9(3)7-6-8-12-11;1-3-2;1-2/h4,6-8H,1,3,5H2,2H3;3H2,1-2H3;1-2H3/b11-10-;;. The van der Waals surface area contributed by atoms with Gasteiger partial charge in [-0.25, -0.2) is 0 Å². The van der Waals surface area contributed by atoms with Crippen LogP contribution < -0.4 is 10.6 Å². The third kappa shape index (κ3) is 7.51. The molecule has 0 aromatic carbocycles. The highest BCUT2D eigenvalue weighted by Crippen LogP contribution is 1.96. The summed E-state index contributed by atoms with van der Waals surface area (Å²) in [5.41, 5.74) is 1.15. The molecule has 0 radical (unpaired) electrons. The number of aromatic nitrogens is 1. The second-order valence-electron chi connectivity index (χ2n) is 3.30. The van der Waals surface area contributed by atoms with Gasteiger partial charge in [-0.3, -0.25) is 4.98 Å². The molecule has 0 atom stereocenters. The predicted molar refractivity (Wildman–Crippen MR) is 80.2 cm³/mol. The molecule has 0 spiro atoms. The highest BCUT2D eigenvalue weighted by Gasteiger charge is 1.90. The fraction of sp³-hybridized carbons (Fsp3) is 0.438. The number of rotatable bonds is 2. The Morgan fingerprint density at radius 1 is 1.29 bits per heavy atom. The average Bonchev–Trinajstić information content (AvgIpc) is 2.36. The maximum atomic E-state index is 4.25. The minimum Gasteiger partial charge on any atom is -0.256 e. The van der Waals surface area contributed by atoms with Crippen LogP contribution in [0.1, 0.15) is 47.5 Å². The molecule has 0 aliphatic rings. The van der Waals surface area contributed by atoms with E-state index in [0.29, 0.717) is 0 Å². The molecule has 1 nitrogen and oxygen atoms in total. The smallest absolute Gasteiger partial charge is 0.0727 e. The normalized spacial score (nSPS) is 10.2. The summed E-state index contributed by atoms with van der Waals surface area (Å²) in [5, 5.41) is 1.93. The van der Waals surface area contributed by atoms with Gasteiger partial charge in [-0.05, 0) is 23.3 Å². The lowest BCUT2D eigenvalue weighted by Crippen LogP contribution is -2.28. The Bertz CT molecular complexity index is 390. The van der Waals surface area contributed by atoms with Gasteiger partial charge in [-0.1, -0.05) is 66.3 Å². The molecule has 0 saturated heterocycles. The van der Waals surface area contributed by atoms with Crippen LogP contribution >= 0.6 is 0 Å². The molecule has 1 heteroatoms. The summed E-state index contributed by atoms with van der Waals surface area (Å²) in [6, 6.07) is 3.85. The van der Waals surface area contributed by atoms with Crippen molar-refractivity contribution < 1.29 is 0 Å². The average molecular weight is 233 g/mol. The van der Waals surface area contributed by atoms with Crippen molar-refractivity contribution in [3.8, 4) is 0 Å². The first-order valence-corrected chi connectivity index (χ1v) is 6.46. The van der Waals surface area contributed by atoms with E-state index in [9.17, 15) is 0 Å². The number of pyridine rings is 1. The van der Waals surface area contributed by atoms with Crippen molar-refractivity contribution in [2.24, 2.45) is 0 Å². The zero-order valence-electron chi connectivity index (χ0n) is 12.1. The maximum Gasteiger partial charge on any atom is 0.0727 e. The summed E-state index contributed by atoms with van der Waals surface area (Å²) in [4.78, 5) is 4.25. The lowest BCUT2D eigenvalue weighted by atomic mass is 10.1. The molecule has 0 N–H and O–H groups in total. The predicted octanol–water partition coefficient (Wildman–Crippen LogP) is 3.68. The van der Waals surface area contributed by atoms with Crippen LogP contribution in [0.2, 0.25) is 0 Å². The Hall–Kier alpha value is -1.37. The summed E-state index contributed by atoms with van der Waals surface area (Å²) >= 11 is 0. The lowest BCUT2D eigenvalue weighted by molar-refractivity contribution is 1.09. The van der Waals surface area contributed by atoms with E-state index >= 15 is 0 Å². The molecule has 1 aromatic rings. The Morgan fingerprint density at radius 2 is 1.82 bits per heavy atom. The van der Waals surface area contributed by atoms with Gasteiger partial charge in [0.2, 0.25) is 0 Å². The molecule has 0 aliphatic heterocycles. The second kappa shape index (κ2) is 12.7. The van der Waals surface area contributed by atoms with E-state index in [0.717, 1.165) is 22.6 Å². The molecule has 96 valence electrons. The maximum absolute atomic E-state index is 4.25. The Kier molecular flexibility index (Phi) is 13.5. The van der Waals surface area contributed by atoms with Gasteiger partial charge < -0.3 is 0 Å². The summed E-state index contributed by atoms with van der Waals surface area (Å²) in [7, 11) is 0. The summed E-state index contributed by atoms with van der Waals surface area (Å²) in [6.07, 6.45) is 5.82. The van der Waals surface area contributed by atoms with Crippen molar-refractivity contribution in [1.82, 2.24) is 4.98 Å². The zero-order valence-corrected chi connectivity index (χ0v) is 12.1. The van der Waals surface area contributed by atoms with E-state index in [-0.39, 0.29) is 0 Å². The molecule has 0 bridgehead atoms. The molecule has 0 fully saturated rings. The minimum absolute atomic E-state index is 0.947. The molecule has 1 aromatic heterocycles. The molecule has 1 heterocycles. The summed E-state index contributed by atoms with van der Waals surface area (Å²) in [6.45, 7) is 18.0. The van der Waals surface area contributed by atoms with Crippen molar-refractivity contribution in [3.63, 3.8) is 0 Å². The first-order valence-electron chi connectivity index (χ1n) is 6.46.